The van der Waals surface area contributed by atoms with Crippen molar-refractivity contribution in [1.29, 1.82) is 0 Å². The van der Waals surface area contributed by atoms with Gasteiger partial charge < -0.3 is 15.5 Å². The molecule has 4 nitrogen and oxygen atoms in total. The van der Waals surface area contributed by atoms with Gasteiger partial charge in [-0.25, -0.2) is 0 Å². The van der Waals surface area contributed by atoms with E-state index in [2.05, 4.69) is 29.4 Å². The molecular formula is C16H31N3O. The van der Waals surface area contributed by atoms with Crippen LogP contribution in [0, 0.1) is 5.41 Å². The van der Waals surface area contributed by atoms with Crippen molar-refractivity contribution < 1.29 is 4.79 Å². The summed E-state index contributed by atoms with van der Waals surface area (Å²) >= 11 is 0. The van der Waals surface area contributed by atoms with Crippen molar-refractivity contribution in [3.8, 4) is 0 Å². The molecule has 2 atom stereocenters. The van der Waals surface area contributed by atoms with Crippen LogP contribution < -0.4 is 10.6 Å². The number of hydrogen-bond acceptors (Lipinski definition) is 3. The van der Waals surface area contributed by atoms with E-state index in [0.717, 1.165) is 38.9 Å². The summed E-state index contributed by atoms with van der Waals surface area (Å²) in [6.45, 7) is 9.54. The minimum absolute atomic E-state index is 0.148. The van der Waals surface area contributed by atoms with Crippen molar-refractivity contribution in [2.75, 3.05) is 32.7 Å². The first-order chi connectivity index (χ1) is 9.66. The highest BCUT2D eigenvalue weighted by atomic mass is 16.2. The van der Waals surface area contributed by atoms with Crippen molar-refractivity contribution >= 4 is 5.91 Å². The molecule has 2 N–H and O–H groups in total. The minimum Gasteiger partial charge on any atom is -0.352 e. The van der Waals surface area contributed by atoms with Gasteiger partial charge in [-0.15, -0.1) is 0 Å². The SMILES string of the molecule is CCCC1(C(=O)NC(C)CN2CCCCC2)CCNC1. The van der Waals surface area contributed by atoms with Crippen LogP contribution in [-0.4, -0.2) is 49.6 Å². The van der Waals surface area contributed by atoms with E-state index in [1.54, 1.807) is 0 Å². The summed E-state index contributed by atoms with van der Waals surface area (Å²) in [4.78, 5) is 15.1. The highest BCUT2D eigenvalue weighted by molar-refractivity contribution is 5.83. The Balaban J connectivity index is 1.82. The summed E-state index contributed by atoms with van der Waals surface area (Å²) in [5.41, 5.74) is -0.148. The summed E-state index contributed by atoms with van der Waals surface area (Å²) in [5.74, 6) is 0.272. The van der Waals surface area contributed by atoms with Crippen LogP contribution in [0.3, 0.4) is 0 Å². The van der Waals surface area contributed by atoms with Gasteiger partial charge in [-0.1, -0.05) is 19.8 Å². The Bertz CT molecular complexity index is 307. The van der Waals surface area contributed by atoms with Crippen molar-refractivity contribution in [2.45, 2.75) is 58.4 Å². The van der Waals surface area contributed by atoms with E-state index in [9.17, 15) is 4.79 Å². The number of likely N-dealkylation sites (tertiary alicyclic amines) is 1. The number of hydrogen-bond donors (Lipinski definition) is 2. The molecule has 2 unspecified atom stereocenters. The first-order valence-corrected chi connectivity index (χ1v) is 8.40. The van der Waals surface area contributed by atoms with Crippen LogP contribution in [0.2, 0.25) is 0 Å². The third-order valence-electron chi connectivity index (χ3n) is 4.81. The lowest BCUT2D eigenvalue weighted by atomic mass is 9.81. The maximum Gasteiger partial charge on any atom is 0.227 e. The molecule has 2 aliphatic heterocycles. The highest BCUT2D eigenvalue weighted by Gasteiger charge is 2.40. The standard InChI is InChI=1S/C16H31N3O/c1-3-7-16(8-9-17-13-16)15(20)18-14(2)12-19-10-5-4-6-11-19/h14,17H,3-13H2,1-2H3,(H,18,20). The van der Waals surface area contributed by atoms with Crippen molar-refractivity contribution in [2.24, 2.45) is 5.41 Å². The van der Waals surface area contributed by atoms with Gasteiger partial charge in [-0.05, 0) is 52.2 Å². The Hall–Kier alpha value is -0.610. The summed E-state index contributed by atoms with van der Waals surface area (Å²) in [7, 11) is 0. The Labute approximate surface area is 123 Å². The van der Waals surface area contributed by atoms with Crippen LogP contribution in [0.1, 0.15) is 52.4 Å². The van der Waals surface area contributed by atoms with Gasteiger partial charge in [0.25, 0.3) is 0 Å². The summed E-state index contributed by atoms with van der Waals surface area (Å²) in [5, 5.41) is 6.64. The second kappa shape index (κ2) is 7.41. The van der Waals surface area contributed by atoms with Crippen LogP contribution in [0.25, 0.3) is 0 Å². The molecule has 2 rings (SSSR count). The molecule has 0 aromatic rings. The fraction of sp³-hybridized carbons (Fsp3) is 0.938. The number of rotatable bonds is 6. The van der Waals surface area contributed by atoms with Crippen LogP contribution in [-0.2, 0) is 4.79 Å². The molecule has 0 aromatic carbocycles. The van der Waals surface area contributed by atoms with Gasteiger partial charge in [-0.3, -0.25) is 4.79 Å². The number of nitrogens with one attached hydrogen (secondary N) is 2. The number of carbonyl (C=O) groups excluding carboxylic acids is 1. The first kappa shape index (κ1) is 15.8. The molecule has 20 heavy (non-hydrogen) atoms. The molecule has 116 valence electrons. The van der Waals surface area contributed by atoms with Gasteiger partial charge in [0.15, 0.2) is 0 Å². The van der Waals surface area contributed by atoms with E-state index < -0.39 is 0 Å². The number of nitrogens with zero attached hydrogens (tertiary/aromatic N) is 1. The number of piperidine rings is 1. The summed E-state index contributed by atoms with van der Waals surface area (Å²) < 4.78 is 0. The molecule has 2 heterocycles. The Morgan fingerprint density at radius 3 is 2.70 bits per heavy atom. The second-order valence-corrected chi connectivity index (χ2v) is 6.69. The smallest absolute Gasteiger partial charge is 0.227 e. The van der Waals surface area contributed by atoms with E-state index in [1.165, 1.54) is 32.4 Å². The highest BCUT2D eigenvalue weighted by Crippen LogP contribution is 2.31. The minimum atomic E-state index is -0.148. The molecule has 1 amide bonds. The lowest BCUT2D eigenvalue weighted by Crippen LogP contribution is -2.49. The Morgan fingerprint density at radius 1 is 1.35 bits per heavy atom. The Morgan fingerprint density at radius 2 is 2.10 bits per heavy atom. The second-order valence-electron chi connectivity index (χ2n) is 6.69. The fourth-order valence-electron chi connectivity index (χ4n) is 3.69. The van der Waals surface area contributed by atoms with Crippen LogP contribution in [0.15, 0.2) is 0 Å². The zero-order valence-corrected chi connectivity index (χ0v) is 13.2. The molecule has 0 spiro atoms. The van der Waals surface area contributed by atoms with E-state index in [1.807, 2.05) is 0 Å². The molecule has 2 aliphatic rings. The fourth-order valence-corrected chi connectivity index (χ4v) is 3.69. The topological polar surface area (TPSA) is 44.4 Å². The molecule has 0 aliphatic carbocycles. The third-order valence-corrected chi connectivity index (χ3v) is 4.81. The molecule has 0 saturated carbocycles. The lowest BCUT2D eigenvalue weighted by Gasteiger charge is -2.32. The van der Waals surface area contributed by atoms with Crippen LogP contribution in [0.5, 0.6) is 0 Å². The molecule has 0 aromatic heterocycles. The molecule has 4 heteroatoms. The van der Waals surface area contributed by atoms with Crippen molar-refractivity contribution in [1.82, 2.24) is 15.5 Å². The monoisotopic (exact) mass is 281 g/mol. The van der Waals surface area contributed by atoms with Gasteiger partial charge in [0.05, 0.1) is 5.41 Å². The first-order valence-electron chi connectivity index (χ1n) is 8.40. The summed E-state index contributed by atoms with van der Waals surface area (Å²) in [6, 6.07) is 0.259. The molecule has 0 radical (unpaired) electrons. The molecular weight excluding hydrogens is 250 g/mol. The zero-order valence-electron chi connectivity index (χ0n) is 13.2. The van der Waals surface area contributed by atoms with Gasteiger partial charge in [0.1, 0.15) is 0 Å². The molecule has 2 saturated heterocycles. The zero-order chi connectivity index (χ0) is 14.4. The predicted octanol–water partition coefficient (Wildman–Crippen LogP) is 1.76. The molecule has 2 fully saturated rings. The van der Waals surface area contributed by atoms with Crippen LogP contribution in [0.4, 0.5) is 0 Å². The van der Waals surface area contributed by atoms with E-state index in [-0.39, 0.29) is 17.4 Å². The maximum absolute atomic E-state index is 12.6. The Kier molecular flexibility index (Phi) is 5.85. The summed E-state index contributed by atoms with van der Waals surface area (Å²) in [6.07, 6.45) is 7.05. The normalized spacial score (nSPS) is 29.3. The maximum atomic E-state index is 12.6. The quantitative estimate of drug-likeness (QED) is 0.780. The number of carbonyl (C=O) groups is 1. The van der Waals surface area contributed by atoms with E-state index >= 15 is 0 Å². The average Bonchev–Trinajstić information content (AvgIpc) is 2.90. The molecule has 0 bridgehead atoms. The van der Waals surface area contributed by atoms with Gasteiger partial charge in [0.2, 0.25) is 5.91 Å². The van der Waals surface area contributed by atoms with Crippen LogP contribution >= 0.6 is 0 Å². The number of amides is 1. The lowest BCUT2D eigenvalue weighted by molar-refractivity contribution is -0.131. The third kappa shape index (κ3) is 3.95. The van der Waals surface area contributed by atoms with Gasteiger partial charge in [0, 0.05) is 19.1 Å². The van der Waals surface area contributed by atoms with Gasteiger partial charge >= 0.3 is 0 Å². The largest absolute Gasteiger partial charge is 0.352 e. The average molecular weight is 281 g/mol. The van der Waals surface area contributed by atoms with E-state index in [4.69, 9.17) is 0 Å². The van der Waals surface area contributed by atoms with Crippen molar-refractivity contribution in [3.63, 3.8) is 0 Å². The van der Waals surface area contributed by atoms with Crippen molar-refractivity contribution in [3.05, 3.63) is 0 Å². The van der Waals surface area contributed by atoms with Gasteiger partial charge in [-0.2, -0.15) is 0 Å². The van der Waals surface area contributed by atoms with E-state index in [0.29, 0.717) is 0 Å². The predicted molar refractivity (Wildman–Crippen MR) is 82.7 cm³/mol.